The van der Waals surface area contributed by atoms with Crippen LogP contribution in [0.1, 0.15) is 33.6 Å². The number of methoxy groups -OCH3 is 1. The molecule has 1 fully saturated rings. The molecule has 6 nitrogen and oxygen atoms in total. The molecule has 6 heteroatoms. The molecule has 0 heterocycles. The van der Waals surface area contributed by atoms with Crippen molar-refractivity contribution in [2.24, 2.45) is 5.92 Å². The van der Waals surface area contributed by atoms with Gasteiger partial charge in [-0.05, 0) is 49.2 Å². The first-order valence-corrected chi connectivity index (χ1v) is 7.97. The zero-order valence-electron chi connectivity index (χ0n) is 13.7. The van der Waals surface area contributed by atoms with E-state index in [-0.39, 0.29) is 17.7 Å². The van der Waals surface area contributed by atoms with E-state index >= 15 is 0 Å². The molecule has 0 atom stereocenters. The van der Waals surface area contributed by atoms with Crippen molar-refractivity contribution in [1.29, 1.82) is 0 Å². The first kappa shape index (κ1) is 16.7. The summed E-state index contributed by atoms with van der Waals surface area (Å²) in [5, 5.41) is 5.55. The van der Waals surface area contributed by atoms with Crippen LogP contribution in [0.15, 0.2) is 48.5 Å². The Balaban J connectivity index is 1.70. The Morgan fingerprint density at radius 3 is 2.16 bits per heavy atom. The molecule has 128 valence electrons. The zero-order valence-corrected chi connectivity index (χ0v) is 13.7. The molecule has 2 aromatic rings. The summed E-state index contributed by atoms with van der Waals surface area (Å²) in [5.41, 5.74) is 1.84. The SMILES string of the molecule is COC(=O)c1cccc(NC(=O)c2cccc(NC(=O)C3CC3)c2)c1. The summed E-state index contributed by atoms with van der Waals surface area (Å²) < 4.78 is 4.67. The van der Waals surface area contributed by atoms with Crippen molar-refractivity contribution in [3.63, 3.8) is 0 Å². The number of nitrogens with one attached hydrogen (secondary N) is 2. The molecule has 2 aromatic carbocycles. The maximum atomic E-state index is 12.4. The Labute approximate surface area is 145 Å². The lowest BCUT2D eigenvalue weighted by Gasteiger charge is -2.09. The van der Waals surface area contributed by atoms with Crippen LogP contribution >= 0.6 is 0 Å². The Kier molecular flexibility index (Phi) is 4.79. The van der Waals surface area contributed by atoms with Crippen molar-refractivity contribution in [3.05, 3.63) is 59.7 Å². The molecule has 0 aliphatic heterocycles. The molecule has 1 aliphatic rings. The maximum absolute atomic E-state index is 12.4. The van der Waals surface area contributed by atoms with Gasteiger partial charge in [0.1, 0.15) is 0 Å². The molecule has 25 heavy (non-hydrogen) atoms. The third-order valence-corrected chi connectivity index (χ3v) is 3.88. The summed E-state index contributed by atoms with van der Waals surface area (Å²) in [5.74, 6) is -0.715. The highest BCUT2D eigenvalue weighted by Crippen LogP contribution is 2.30. The highest BCUT2D eigenvalue weighted by molar-refractivity contribution is 6.06. The summed E-state index contributed by atoms with van der Waals surface area (Å²) in [4.78, 5) is 35.8. The molecule has 3 rings (SSSR count). The van der Waals surface area contributed by atoms with Crippen molar-refractivity contribution in [1.82, 2.24) is 0 Å². The average molecular weight is 338 g/mol. The van der Waals surface area contributed by atoms with Gasteiger partial charge in [0.2, 0.25) is 5.91 Å². The van der Waals surface area contributed by atoms with E-state index in [4.69, 9.17) is 0 Å². The second kappa shape index (κ2) is 7.17. The van der Waals surface area contributed by atoms with Crippen LogP contribution in [0.3, 0.4) is 0 Å². The molecular formula is C19H18N2O4. The molecule has 2 amide bonds. The van der Waals surface area contributed by atoms with Crippen molar-refractivity contribution in [2.75, 3.05) is 17.7 Å². The first-order chi connectivity index (χ1) is 12.1. The standard InChI is InChI=1S/C19H18N2O4/c1-25-19(24)14-5-3-7-16(11-14)21-18(23)13-4-2-6-15(10-13)20-17(22)12-8-9-12/h2-7,10-12H,8-9H2,1H3,(H,20,22)(H,21,23). The number of rotatable bonds is 5. The number of amides is 2. The molecule has 1 saturated carbocycles. The lowest BCUT2D eigenvalue weighted by atomic mass is 10.1. The van der Waals surface area contributed by atoms with Crippen LogP contribution in [-0.4, -0.2) is 24.9 Å². The maximum Gasteiger partial charge on any atom is 0.337 e. The van der Waals surface area contributed by atoms with E-state index in [0.29, 0.717) is 22.5 Å². The van der Waals surface area contributed by atoms with Crippen molar-refractivity contribution >= 4 is 29.2 Å². The van der Waals surface area contributed by atoms with Gasteiger partial charge in [-0.15, -0.1) is 0 Å². The summed E-state index contributed by atoms with van der Waals surface area (Å²) in [6, 6.07) is 13.2. The van der Waals surface area contributed by atoms with E-state index in [1.54, 1.807) is 48.5 Å². The van der Waals surface area contributed by atoms with E-state index in [2.05, 4.69) is 15.4 Å². The Morgan fingerprint density at radius 2 is 1.52 bits per heavy atom. The van der Waals surface area contributed by atoms with Crippen LogP contribution < -0.4 is 10.6 Å². The number of carbonyl (C=O) groups excluding carboxylic acids is 3. The van der Waals surface area contributed by atoms with Crippen molar-refractivity contribution < 1.29 is 19.1 Å². The molecule has 0 radical (unpaired) electrons. The quantitative estimate of drug-likeness (QED) is 0.821. The van der Waals surface area contributed by atoms with Crippen molar-refractivity contribution in [2.45, 2.75) is 12.8 Å². The number of ether oxygens (including phenoxy) is 1. The van der Waals surface area contributed by atoms with E-state index in [9.17, 15) is 14.4 Å². The number of hydrogen-bond donors (Lipinski definition) is 2. The minimum absolute atomic E-state index is 0.0108. The minimum Gasteiger partial charge on any atom is -0.465 e. The Bertz CT molecular complexity index is 828. The highest BCUT2D eigenvalue weighted by atomic mass is 16.5. The second-order valence-electron chi connectivity index (χ2n) is 5.87. The van der Waals surface area contributed by atoms with Gasteiger partial charge >= 0.3 is 5.97 Å². The van der Waals surface area contributed by atoms with Gasteiger partial charge in [0, 0.05) is 22.9 Å². The molecule has 1 aliphatic carbocycles. The first-order valence-electron chi connectivity index (χ1n) is 7.97. The third-order valence-electron chi connectivity index (χ3n) is 3.88. The molecule has 0 spiro atoms. The van der Waals surface area contributed by atoms with Crippen molar-refractivity contribution in [3.8, 4) is 0 Å². The smallest absolute Gasteiger partial charge is 0.337 e. The van der Waals surface area contributed by atoms with E-state index in [1.807, 2.05) is 0 Å². The lowest BCUT2D eigenvalue weighted by molar-refractivity contribution is -0.117. The number of hydrogen-bond acceptors (Lipinski definition) is 4. The van der Waals surface area contributed by atoms with E-state index in [1.165, 1.54) is 7.11 Å². The lowest BCUT2D eigenvalue weighted by Crippen LogP contribution is -2.15. The van der Waals surface area contributed by atoms with Gasteiger partial charge in [0.05, 0.1) is 12.7 Å². The van der Waals surface area contributed by atoms with E-state index in [0.717, 1.165) is 12.8 Å². The van der Waals surface area contributed by atoms with Gasteiger partial charge in [-0.3, -0.25) is 9.59 Å². The fraction of sp³-hybridized carbons (Fsp3) is 0.211. The van der Waals surface area contributed by atoms with Gasteiger partial charge in [0.25, 0.3) is 5.91 Å². The molecule has 0 unspecified atom stereocenters. The Morgan fingerprint density at radius 1 is 0.920 bits per heavy atom. The van der Waals surface area contributed by atoms with Gasteiger partial charge in [-0.25, -0.2) is 4.79 Å². The predicted molar refractivity (Wildman–Crippen MR) is 93.5 cm³/mol. The minimum atomic E-state index is -0.471. The highest BCUT2D eigenvalue weighted by Gasteiger charge is 2.29. The fourth-order valence-electron chi connectivity index (χ4n) is 2.37. The van der Waals surface area contributed by atoms with Gasteiger partial charge in [0.15, 0.2) is 0 Å². The number of carbonyl (C=O) groups is 3. The summed E-state index contributed by atoms with van der Waals surface area (Å²) in [6.07, 6.45) is 1.84. The average Bonchev–Trinajstić information content (AvgIpc) is 3.46. The van der Waals surface area contributed by atoms with Crippen LogP contribution in [0.5, 0.6) is 0 Å². The number of esters is 1. The van der Waals surface area contributed by atoms with Gasteiger partial charge in [-0.2, -0.15) is 0 Å². The molecule has 0 saturated heterocycles. The zero-order chi connectivity index (χ0) is 17.8. The van der Waals surface area contributed by atoms with Crippen LogP contribution in [0, 0.1) is 5.92 Å². The molecular weight excluding hydrogens is 320 g/mol. The summed E-state index contributed by atoms with van der Waals surface area (Å²) >= 11 is 0. The molecule has 0 bridgehead atoms. The molecule has 2 N–H and O–H groups in total. The Hall–Kier alpha value is -3.15. The van der Waals surface area contributed by atoms with Gasteiger partial charge < -0.3 is 15.4 Å². The van der Waals surface area contributed by atoms with Crippen LogP contribution in [0.25, 0.3) is 0 Å². The van der Waals surface area contributed by atoms with Crippen LogP contribution in [0.2, 0.25) is 0 Å². The van der Waals surface area contributed by atoms with Crippen LogP contribution in [-0.2, 0) is 9.53 Å². The largest absolute Gasteiger partial charge is 0.465 e. The summed E-state index contributed by atoms with van der Waals surface area (Å²) in [6.45, 7) is 0. The normalized spacial score (nSPS) is 13.0. The van der Waals surface area contributed by atoms with Gasteiger partial charge in [-0.1, -0.05) is 12.1 Å². The third kappa shape index (κ3) is 4.23. The number of anilines is 2. The second-order valence-corrected chi connectivity index (χ2v) is 5.87. The van der Waals surface area contributed by atoms with Crippen LogP contribution in [0.4, 0.5) is 11.4 Å². The topological polar surface area (TPSA) is 84.5 Å². The summed E-state index contributed by atoms with van der Waals surface area (Å²) in [7, 11) is 1.30. The number of benzene rings is 2. The monoisotopic (exact) mass is 338 g/mol. The predicted octanol–water partition coefficient (Wildman–Crippen LogP) is 3.07. The van der Waals surface area contributed by atoms with E-state index < -0.39 is 5.97 Å². The molecule has 0 aromatic heterocycles. The fourth-order valence-corrected chi connectivity index (χ4v) is 2.37.